The molecule has 0 atom stereocenters. The van der Waals surface area contributed by atoms with Gasteiger partial charge in [0, 0.05) is 36.1 Å². The molecule has 1 fully saturated rings. The average molecular weight is 360 g/mol. The topological polar surface area (TPSA) is 79.3 Å². The normalized spacial score (nSPS) is 13.9. The summed E-state index contributed by atoms with van der Waals surface area (Å²) in [5, 5.41) is 10.3. The Labute approximate surface area is 150 Å². The van der Waals surface area contributed by atoms with Crippen molar-refractivity contribution in [2.75, 3.05) is 23.7 Å². The molecule has 0 radical (unpaired) electrons. The van der Waals surface area contributed by atoms with Gasteiger partial charge in [0.25, 0.3) is 0 Å². The third-order valence-corrected chi connectivity index (χ3v) is 4.26. The summed E-state index contributed by atoms with van der Waals surface area (Å²) in [6, 6.07) is 6.71. The number of nitrogens with zero attached hydrogens (tertiary/aromatic N) is 3. The summed E-state index contributed by atoms with van der Waals surface area (Å²) in [5.74, 6) is 0.351. The Morgan fingerprint density at radius 3 is 2.80 bits per heavy atom. The van der Waals surface area contributed by atoms with Gasteiger partial charge < -0.3 is 10.2 Å². The molecule has 0 bridgehead atoms. The largest absolute Gasteiger partial charge is 0.335 e. The summed E-state index contributed by atoms with van der Waals surface area (Å²) >= 11 is 5.94. The SMILES string of the molecule is C=CC(=O)N1CC(n2ccc(NC(=O)Nc3cc(Cl)ccc3C)n2)C1. The predicted molar refractivity (Wildman–Crippen MR) is 96.9 cm³/mol. The van der Waals surface area contributed by atoms with Gasteiger partial charge in [-0.15, -0.1) is 0 Å². The van der Waals surface area contributed by atoms with Crippen molar-refractivity contribution < 1.29 is 9.59 Å². The minimum Gasteiger partial charge on any atom is -0.335 e. The molecular weight excluding hydrogens is 342 g/mol. The molecule has 0 saturated carbocycles. The Bertz CT molecular complexity index is 826. The van der Waals surface area contributed by atoms with Gasteiger partial charge in [-0.2, -0.15) is 5.10 Å². The van der Waals surface area contributed by atoms with Crippen molar-refractivity contribution in [2.45, 2.75) is 13.0 Å². The van der Waals surface area contributed by atoms with E-state index in [1.165, 1.54) is 6.08 Å². The number of likely N-dealkylation sites (tertiary alicyclic amines) is 1. The standard InChI is InChI=1S/C17H18ClN5O2/c1-3-16(24)22-9-13(10-22)23-7-6-15(21-23)20-17(25)19-14-8-12(18)5-4-11(14)2/h3-8,13H,1,9-10H2,2H3,(H2,19,20,21,25). The van der Waals surface area contributed by atoms with Crippen LogP contribution in [0.1, 0.15) is 11.6 Å². The predicted octanol–water partition coefficient (Wildman–Crippen LogP) is 3.06. The van der Waals surface area contributed by atoms with Crippen molar-refractivity contribution in [3.05, 3.63) is 53.7 Å². The van der Waals surface area contributed by atoms with E-state index in [0.717, 1.165) is 5.56 Å². The van der Waals surface area contributed by atoms with Crippen molar-refractivity contribution in [2.24, 2.45) is 0 Å². The number of halogens is 1. The third-order valence-electron chi connectivity index (χ3n) is 4.02. The molecule has 2 N–H and O–H groups in total. The van der Waals surface area contributed by atoms with Gasteiger partial charge in [-0.25, -0.2) is 4.79 Å². The van der Waals surface area contributed by atoms with E-state index in [2.05, 4.69) is 22.3 Å². The van der Waals surface area contributed by atoms with Crippen LogP contribution >= 0.6 is 11.6 Å². The fourth-order valence-corrected chi connectivity index (χ4v) is 2.71. The van der Waals surface area contributed by atoms with Crippen molar-refractivity contribution in [1.82, 2.24) is 14.7 Å². The van der Waals surface area contributed by atoms with Crippen LogP contribution in [0.5, 0.6) is 0 Å². The van der Waals surface area contributed by atoms with Gasteiger partial charge in [-0.1, -0.05) is 24.2 Å². The number of benzene rings is 1. The number of anilines is 2. The zero-order valence-corrected chi connectivity index (χ0v) is 14.5. The Morgan fingerprint density at radius 2 is 2.08 bits per heavy atom. The second kappa shape index (κ2) is 6.98. The van der Waals surface area contributed by atoms with Crippen LogP contribution in [0.4, 0.5) is 16.3 Å². The van der Waals surface area contributed by atoms with Crippen LogP contribution in [-0.2, 0) is 4.79 Å². The van der Waals surface area contributed by atoms with E-state index in [4.69, 9.17) is 11.6 Å². The van der Waals surface area contributed by atoms with Crippen LogP contribution in [0.2, 0.25) is 5.02 Å². The Hall–Kier alpha value is -2.80. The van der Waals surface area contributed by atoms with Gasteiger partial charge in [0.2, 0.25) is 5.91 Å². The molecule has 2 aromatic rings. The molecule has 0 unspecified atom stereocenters. The highest BCUT2D eigenvalue weighted by molar-refractivity contribution is 6.31. The Balaban J connectivity index is 1.56. The van der Waals surface area contributed by atoms with E-state index in [1.54, 1.807) is 34.0 Å². The highest BCUT2D eigenvalue weighted by Gasteiger charge is 2.31. The van der Waals surface area contributed by atoms with Crippen molar-refractivity contribution in [3.8, 4) is 0 Å². The lowest BCUT2D eigenvalue weighted by atomic mass is 10.1. The molecule has 130 valence electrons. The summed E-state index contributed by atoms with van der Waals surface area (Å²) in [7, 11) is 0. The molecule has 0 aliphatic carbocycles. The molecular formula is C17H18ClN5O2. The third kappa shape index (κ3) is 3.83. The summed E-state index contributed by atoms with van der Waals surface area (Å²) in [4.78, 5) is 25.2. The monoisotopic (exact) mass is 359 g/mol. The lowest BCUT2D eigenvalue weighted by Crippen LogP contribution is -2.50. The van der Waals surface area contributed by atoms with E-state index < -0.39 is 6.03 Å². The number of urea groups is 1. The lowest BCUT2D eigenvalue weighted by Gasteiger charge is -2.38. The highest BCUT2D eigenvalue weighted by Crippen LogP contribution is 2.22. The summed E-state index contributed by atoms with van der Waals surface area (Å²) in [6.07, 6.45) is 3.08. The van der Waals surface area contributed by atoms with Crippen LogP contribution in [0.25, 0.3) is 0 Å². The van der Waals surface area contributed by atoms with Crippen molar-refractivity contribution in [3.63, 3.8) is 0 Å². The number of carbonyl (C=O) groups excluding carboxylic acids is 2. The molecule has 0 spiro atoms. The van der Waals surface area contributed by atoms with E-state index in [0.29, 0.717) is 29.6 Å². The molecule has 1 saturated heterocycles. The molecule has 1 aliphatic rings. The second-order valence-corrected chi connectivity index (χ2v) is 6.26. The maximum absolute atomic E-state index is 12.1. The molecule has 2 heterocycles. The minimum absolute atomic E-state index is 0.0852. The lowest BCUT2D eigenvalue weighted by molar-refractivity contribution is -0.131. The van der Waals surface area contributed by atoms with E-state index in [-0.39, 0.29) is 11.9 Å². The van der Waals surface area contributed by atoms with Gasteiger partial charge in [0.05, 0.1) is 6.04 Å². The fourth-order valence-electron chi connectivity index (χ4n) is 2.54. The number of aromatic nitrogens is 2. The molecule has 1 aromatic heterocycles. The summed E-state index contributed by atoms with van der Waals surface area (Å²) in [6.45, 7) is 6.52. The first-order chi connectivity index (χ1) is 12.0. The number of carbonyl (C=O) groups is 2. The van der Waals surface area contributed by atoms with Crippen molar-refractivity contribution >= 4 is 35.0 Å². The van der Waals surface area contributed by atoms with Gasteiger partial charge >= 0.3 is 6.03 Å². The number of hydrogen-bond acceptors (Lipinski definition) is 3. The van der Waals surface area contributed by atoms with E-state index in [9.17, 15) is 9.59 Å². The maximum Gasteiger partial charge on any atom is 0.324 e. The number of hydrogen-bond donors (Lipinski definition) is 2. The van der Waals surface area contributed by atoms with E-state index in [1.807, 2.05) is 13.0 Å². The summed E-state index contributed by atoms with van der Waals surface area (Å²) < 4.78 is 1.74. The highest BCUT2D eigenvalue weighted by atomic mass is 35.5. The van der Waals surface area contributed by atoms with Crippen LogP contribution in [0.15, 0.2) is 43.1 Å². The number of amides is 3. The number of nitrogens with one attached hydrogen (secondary N) is 2. The first kappa shape index (κ1) is 17.0. The van der Waals surface area contributed by atoms with Gasteiger partial charge in [0.1, 0.15) is 0 Å². The van der Waals surface area contributed by atoms with Crippen LogP contribution in [-0.4, -0.2) is 39.7 Å². The molecule has 3 rings (SSSR count). The zero-order valence-electron chi connectivity index (χ0n) is 13.7. The Morgan fingerprint density at radius 1 is 1.32 bits per heavy atom. The fraction of sp³-hybridized carbons (Fsp3) is 0.235. The maximum atomic E-state index is 12.1. The smallest absolute Gasteiger partial charge is 0.324 e. The van der Waals surface area contributed by atoms with Crippen LogP contribution in [0, 0.1) is 6.92 Å². The average Bonchev–Trinajstić information content (AvgIpc) is 2.97. The number of aryl methyl sites for hydroxylation is 1. The van der Waals surface area contributed by atoms with Crippen molar-refractivity contribution in [1.29, 1.82) is 0 Å². The molecule has 25 heavy (non-hydrogen) atoms. The molecule has 1 aliphatic heterocycles. The molecule has 7 nitrogen and oxygen atoms in total. The first-order valence-electron chi connectivity index (χ1n) is 7.77. The van der Waals surface area contributed by atoms with Gasteiger partial charge in [-0.05, 0) is 30.7 Å². The Kier molecular flexibility index (Phi) is 4.76. The second-order valence-electron chi connectivity index (χ2n) is 5.82. The van der Waals surface area contributed by atoms with E-state index >= 15 is 0 Å². The van der Waals surface area contributed by atoms with Gasteiger partial charge in [-0.3, -0.25) is 14.8 Å². The molecule has 3 amide bonds. The number of rotatable bonds is 4. The zero-order chi connectivity index (χ0) is 18.0. The molecule has 1 aromatic carbocycles. The minimum atomic E-state index is -0.396. The quantitative estimate of drug-likeness (QED) is 0.823. The van der Waals surface area contributed by atoms with Crippen LogP contribution < -0.4 is 10.6 Å². The molecule has 8 heteroatoms. The van der Waals surface area contributed by atoms with Crippen LogP contribution in [0.3, 0.4) is 0 Å². The van der Waals surface area contributed by atoms with Gasteiger partial charge in [0.15, 0.2) is 5.82 Å². The summed E-state index contributed by atoms with van der Waals surface area (Å²) in [5.41, 5.74) is 1.55. The first-order valence-corrected chi connectivity index (χ1v) is 8.14.